The lowest BCUT2D eigenvalue weighted by molar-refractivity contribution is 0.330. The standard InChI is InChI=1S/C6H9ClOS/c1-3-8-6(9)4-5(2)7/h2-4H2,1H3. The third-order valence-corrected chi connectivity index (χ3v) is 1.04. The van der Waals surface area contributed by atoms with Crippen molar-refractivity contribution in [2.45, 2.75) is 13.3 Å². The van der Waals surface area contributed by atoms with E-state index in [1.807, 2.05) is 6.92 Å². The van der Waals surface area contributed by atoms with E-state index in [2.05, 4.69) is 6.58 Å². The molecule has 0 aliphatic carbocycles. The summed E-state index contributed by atoms with van der Waals surface area (Å²) in [6, 6.07) is 0. The molecule has 0 N–H and O–H groups in total. The zero-order chi connectivity index (χ0) is 7.28. The van der Waals surface area contributed by atoms with Gasteiger partial charge in [-0.3, -0.25) is 0 Å². The van der Waals surface area contributed by atoms with E-state index in [9.17, 15) is 0 Å². The molecule has 9 heavy (non-hydrogen) atoms. The van der Waals surface area contributed by atoms with Crippen molar-refractivity contribution in [3.05, 3.63) is 11.6 Å². The van der Waals surface area contributed by atoms with Crippen molar-refractivity contribution in [1.82, 2.24) is 0 Å². The van der Waals surface area contributed by atoms with E-state index >= 15 is 0 Å². The van der Waals surface area contributed by atoms with Crippen LogP contribution in [0, 0.1) is 0 Å². The first-order valence-corrected chi connectivity index (χ1v) is 3.44. The van der Waals surface area contributed by atoms with Crippen LogP contribution in [-0.2, 0) is 4.74 Å². The summed E-state index contributed by atoms with van der Waals surface area (Å²) in [6.07, 6.45) is 0.477. The van der Waals surface area contributed by atoms with Crippen LogP contribution >= 0.6 is 23.8 Å². The van der Waals surface area contributed by atoms with Crippen molar-refractivity contribution in [3.8, 4) is 0 Å². The first-order valence-electron chi connectivity index (χ1n) is 2.65. The van der Waals surface area contributed by atoms with Gasteiger partial charge >= 0.3 is 0 Å². The smallest absolute Gasteiger partial charge is 0.164 e. The highest BCUT2D eigenvalue weighted by molar-refractivity contribution is 7.80. The molecule has 0 bridgehead atoms. The molecule has 0 spiro atoms. The second kappa shape index (κ2) is 4.77. The van der Waals surface area contributed by atoms with E-state index < -0.39 is 0 Å². The summed E-state index contributed by atoms with van der Waals surface area (Å²) in [6.45, 7) is 5.95. The van der Waals surface area contributed by atoms with Gasteiger partial charge in [-0.25, -0.2) is 0 Å². The van der Waals surface area contributed by atoms with E-state index in [1.54, 1.807) is 0 Å². The Balaban J connectivity index is 3.39. The molecule has 0 saturated heterocycles. The lowest BCUT2D eigenvalue weighted by Crippen LogP contribution is -1.99. The number of ether oxygens (including phenoxy) is 1. The number of thiocarbonyl (C=S) groups is 1. The second-order valence-electron chi connectivity index (χ2n) is 1.50. The molecular formula is C6H9ClOS. The van der Waals surface area contributed by atoms with Crippen molar-refractivity contribution in [2.75, 3.05) is 6.61 Å². The van der Waals surface area contributed by atoms with Crippen LogP contribution in [0.15, 0.2) is 11.6 Å². The van der Waals surface area contributed by atoms with Crippen molar-refractivity contribution in [2.24, 2.45) is 0 Å². The minimum absolute atomic E-state index is 0.477. The summed E-state index contributed by atoms with van der Waals surface area (Å²) in [5, 5.41) is 1.03. The maximum atomic E-state index is 5.45. The van der Waals surface area contributed by atoms with Gasteiger partial charge in [0, 0.05) is 5.03 Å². The number of rotatable bonds is 3. The van der Waals surface area contributed by atoms with E-state index in [0.29, 0.717) is 23.1 Å². The topological polar surface area (TPSA) is 9.23 Å². The Morgan fingerprint density at radius 1 is 1.78 bits per heavy atom. The van der Waals surface area contributed by atoms with Gasteiger partial charge in [-0.2, -0.15) is 0 Å². The summed E-state index contributed by atoms with van der Waals surface area (Å²) in [7, 11) is 0. The fourth-order valence-electron chi connectivity index (χ4n) is 0.369. The highest BCUT2D eigenvalue weighted by Gasteiger charge is 1.95. The normalized spacial score (nSPS) is 8.67. The third kappa shape index (κ3) is 5.80. The van der Waals surface area contributed by atoms with Gasteiger partial charge in [0.15, 0.2) is 5.05 Å². The van der Waals surface area contributed by atoms with Gasteiger partial charge in [0.1, 0.15) is 0 Å². The van der Waals surface area contributed by atoms with E-state index in [4.69, 9.17) is 28.6 Å². The Kier molecular flexibility index (Phi) is 4.72. The van der Waals surface area contributed by atoms with Gasteiger partial charge in [-0.15, -0.1) is 0 Å². The lowest BCUT2D eigenvalue weighted by Gasteiger charge is -2.01. The van der Waals surface area contributed by atoms with Crippen LogP contribution in [-0.4, -0.2) is 11.7 Å². The fraction of sp³-hybridized carbons (Fsp3) is 0.500. The molecule has 0 unspecified atom stereocenters. The molecule has 0 aromatic heterocycles. The van der Waals surface area contributed by atoms with E-state index in [-0.39, 0.29) is 0 Å². The minimum atomic E-state index is 0.477. The Hall–Kier alpha value is -0.0800. The molecular weight excluding hydrogens is 156 g/mol. The SMILES string of the molecule is C=C(Cl)CC(=S)OCC. The largest absolute Gasteiger partial charge is 0.487 e. The average molecular weight is 165 g/mol. The van der Waals surface area contributed by atoms with Gasteiger partial charge < -0.3 is 4.74 Å². The number of hydrogen-bond donors (Lipinski definition) is 0. The summed E-state index contributed by atoms with van der Waals surface area (Å²) < 4.78 is 4.94. The zero-order valence-corrected chi connectivity index (χ0v) is 6.89. The van der Waals surface area contributed by atoms with E-state index in [0.717, 1.165) is 0 Å². The highest BCUT2D eigenvalue weighted by Crippen LogP contribution is 2.05. The van der Waals surface area contributed by atoms with Crippen LogP contribution in [0.5, 0.6) is 0 Å². The molecule has 0 heterocycles. The molecule has 0 saturated carbocycles. The molecule has 3 heteroatoms. The van der Waals surface area contributed by atoms with Crippen molar-refractivity contribution >= 4 is 28.9 Å². The Bertz CT molecular complexity index is 122. The zero-order valence-electron chi connectivity index (χ0n) is 5.32. The second-order valence-corrected chi connectivity index (χ2v) is 2.49. The van der Waals surface area contributed by atoms with Gasteiger partial charge in [-0.05, 0) is 19.1 Å². The molecule has 0 aromatic carbocycles. The van der Waals surface area contributed by atoms with Crippen molar-refractivity contribution in [3.63, 3.8) is 0 Å². The number of hydrogen-bond acceptors (Lipinski definition) is 2. The van der Waals surface area contributed by atoms with Gasteiger partial charge in [0.25, 0.3) is 0 Å². The fourth-order valence-corrected chi connectivity index (χ4v) is 0.861. The average Bonchev–Trinajstić information content (AvgIpc) is 1.63. The Labute approximate surface area is 65.6 Å². The Morgan fingerprint density at radius 2 is 2.33 bits per heavy atom. The van der Waals surface area contributed by atoms with Crippen LogP contribution in [0.1, 0.15) is 13.3 Å². The van der Waals surface area contributed by atoms with E-state index in [1.165, 1.54) is 0 Å². The summed E-state index contributed by atoms with van der Waals surface area (Å²) in [4.78, 5) is 0. The molecule has 52 valence electrons. The predicted octanol–water partition coefficient (Wildman–Crippen LogP) is 2.49. The molecule has 0 rings (SSSR count). The first kappa shape index (κ1) is 8.92. The predicted molar refractivity (Wildman–Crippen MR) is 43.8 cm³/mol. The monoisotopic (exact) mass is 164 g/mol. The van der Waals surface area contributed by atoms with Crippen molar-refractivity contribution < 1.29 is 4.74 Å². The molecule has 1 nitrogen and oxygen atoms in total. The van der Waals surface area contributed by atoms with Crippen LogP contribution < -0.4 is 0 Å². The first-order chi connectivity index (χ1) is 4.16. The van der Waals surface area contributed by atoms with Crippen LogP contribution in [0.2, 0.25) is 0 Å². The maximum Gasteiger partial charge on any atom is 0.164 e. The Morgan fingerprint density at radius 3 is 2.67 bits per heavy atom. The summed E-state index contributed by atoms with van der Waals surface area (Å²) in [5.74, 6) is 0. The van der Waals surface area contributed by atoms with Crippen LogP contribution in [0.3, 0.4) is 0 Å². The molecule has 0 fully saturated rings. The molecule has 0 aliphatic heterocycles. The quantitative estimate of drug-likeness (QED) is 0.593. The minimum Gasteiger partial charge on any atom is -0.487 e. The summed E-state index contributed by atoms with van der Waals surface area (Å²) >= 11 is 10.2. The van der Waals surface area contributed by atoms with Gasteiger partial charge in [-0.1, -0.05) is 18.2 Å². The summed E-state index contributed by atoms with van der Waals surface area (Å²) in [5.41, 5.74) is 0. The molecule has 0 aliphatic rings. The molecule has 0 aromatic rings. The van der Waals surface area contributed by atoms with Gasteiger partial charge in [0.2, 0.25) is 0 Å². The highest BCUT2D eigenvalue weighted by atomic mass is 35.5. The molecule has 0 atom stereocenters. The molecule has 0 radical (unpaired) electrons. The third-order valence-electron chi connectivity index (χ3n) is 0.641. The van der Waals surface area contributed by atoms with Gasteiger partial charge in [0.05, 0.1) is 13.0 Å². The number of halogens is 1. The van der Waals surface area contributed by atoms with Crippen molar-refractivity contribution in [1.29, 1.82) is 0 Å². The molecule has 0 amide bonds. The van der Waals surface area contributed by atoms with Crippen LogP contribution in [0.25, 0.3) is 0 Å². The lowest BCUT2D eigenvalue weighted by atomic mass is 10.4. The maximum absolute atomic E-state index is 5.45. The van der Waals surface area contributed by atoms with Crippen LogP contribution in [0.4, 0.5) is 0 Å².